The van der Waals surface area contributed by atoms with E-state index < -0.39 is 0 Å². The van der Waals surface area contributed by atoms with Gasteiger partial charge in [-0.05, 0) is 30.7 Å². The Kier molecular flexibility index (Phi) is 3.53. The van der Waals surface area contributed by atoms with Gasteiger partial charge in [0.05, 0.1) is 0 Å². The van der Waals surface area contributed by atoms with Crippen LogP contribution in [-0.2, 0) is 17.8 Å². The zero-order chi connectivity index (χ0) is 13.2. The molecule has 0 bridgehead atoms. The van der Waals surface area contributed by atoms with Crippen molar-refractivity contribution in [1.82, 2.24) is 10.6 Å². The molecule has 2 aliphatic rings. The number of hydrogen-bond acceptors (Lipinski definition) is 3. The van der Waals surface area contributed by atoms with Crippen molar-refractivity contribution in [3.8, 4) is 0 Å². The van der Waals surface area contributed by atoms with Gasteiger partial charge in [-0.2, -0.15) is 0 Å². The minimum Gasteiger partial charge on any atom is -0.316 e. The molecule has 1 amide bonds. The first-order valence-corrected chi connectivity index (χ1v) is 7.05. The van der Waals surface area contributed by atoms with Gasteiger partial charge in [-0.3, -0.25) is 4.79 Å². The Labute approximate surface area is 114 Å². The van der Waals surface area contributed by atoms with Crippen LogP contribution in [0.4, 0.5) is 5.69 Å². The SMILES string of the molecule is CNCc1ccc2c(c1)CCC(=O)N2CC1CNC1. The Bertz CT molecular complexity index is 482. The van der Waals surface area contributed by atoms with Gasteiger partial charge in [0.2, 0.25) is 5.91 Å². The lowest BCUT2D eigenvalue weighted by Crippen LogP contribution is -2.50. The number of amides is 1. The van der Waals surface area contributed by atoms with Crippen LogP contribution in [0.2, 0.25) is 0 Å². The first kappa shape index (κ1) is 12.6. The number of fused-ring (bicyclic) bond motifs is 1. The molecule has 1 saturated heterocycles. The largest absolute Gasteiger partial charge is 0.316 e. The molecular weight excluding hydrogens is 238 g/mol. The van der Waals surface area contributed by atoms with Crippen LogP contribution in [0.3, 0.4) is 0 Å². The first-order valence-electron chi connectivity index (χ1n) is 7.05. The number of nitrogens with zero attached hydrogens (tertiary/aromatic N) is 1. The van der Waals surface area contributed by atoms with Crippen LogP contribution in [0.25, 0.3) is 0 Å². The molecule has 3 rings (SSSR count). The Hall–Kier alpha value is -1.39. The molecule has 1 fully saturated rings. The molecule has 0 saturated carbocycles. The number of nitrogens with one attached hydrogen (secondary N) is 2. The molecule has 2 N–H and O–H groups in total. The normalized spacial score (nSPS) is 19.2. The zero-order valence-electron chi connectivity index (χ0n) is 11.4. The Morgan fingerprint density at radius 2 is 2.21 bits per heavy atom. The van der Waals surface area contributed by atoms with Crippen LogP contribution < -0.4 is 15.5 Å². The molecule has 2 aliphatic heterocycles. The molecular formula is C15H21N3O. The number of aryl methyl sites for hydroxylation is 1. The molecule has 1 aromatic carbocycles. The lowest BCUT2D eigenvalue weighted by molar-refractivity contribution is -0.119. The Morgan fingerprint density at radius 3 is 2.89 bits per heavy atom. The summed E-state index contributed by atoms with van der Waals surface area (Å²) >= 11 is 0. The van der Waals surface area contributed by atoms with Gasteiger partial charge < -0.3 is 15.5 Å². The van der Waals surface area contributed by atoms with Crippen LogP contribution in [0.1, 0.15) is 17.5 Å². The highest BCUT2D eigenvalue weighted by Gasteiger charge is 2.28. The van der Waals surface area contributed by atoms with Crippen LogP contribution in [0.15, 0.2) is 18.2 Å². The molecule has 1 aromatic rings. The third kappa shape index (κ3) is 2.51. The summed E-state index contributed by atoms with van der Waals surface area (Å²) in [6, 6.07) is 6.48. The summed E-state index contributed by atoms with van der Waals surface area (Å²) in [6.45, 7) is 3.83. The van der Waals surface area contributed by atoms with Gasteiger partial charge in [0.15, 0.2) is 0 Å². The van der Waals surface area contributed by atoms with Gasteiger partial charge >= 0.3 is 0 Å². The van der Waals surface area contributed by atoms with Crippen LogP contribution in [0.5, 0.6) is 0 Å². The fourth-order valence-electron chi connectivity index (χ4n) is 2.86. The molecule has 0 radical (unpaired) electrons. The third-order valence-electron chi connectivity index (χ3n) is 4.03. The van der Waals surface area contributed by atoms with E-state index in [1.165, 1.54) is 11.1 Å². The van der Waals surface area contributed by atoms with Gasteiger partial charge in [0.1, 0.15) is 0 Å². The summed E-state index contributed by atoms with van der Waals surface area (Å²) in [5.74, 6) is 0.896. The predicted octanol–water partition coefficient (Wildman–Crippen LogP) is 0.905. The number of carbonyl (C=O) groups is 1. The van der Waals surface area contributed by atoms with Crippen LogP contribution in [-0.4, -0.2) is 32.6 Å². The fraction of sp³-hybridized carbons (Fsp3) is 0.533. The minimum atomic E-state index is 0.278. The second kappa shape index (κ2) is 5.31. The molecule has 0 atom stereocenters. The van der Waals surface area contributed by atoms with E-state index in [1.54, 1.807) is 0 Å². The summed E-state index contributed by atoms with van der Waals surface area (Å²) in [5, 5.41) is 6.44. The predicted molar refractivity (Wildman–Crippen MR) is 76.2 cm³/mol. The maximum atomic E-state index is 12.1. The van der Waals surface area contributed by atoms with E-state index in [1.807, 2.05) is 11.9 Å². The maximum Gasteiger partial charge on any atom is 0.227 e. The van der Waals surface area contributed by atoms with Gasteiger partial charge in [-0.15, -0.1) is 0 Å². The maximum absolute atomic E-state index is 12.1. The molecule has 0 spiro atoms. The molecule has 102 valence electrons. The topological polar surface area (TPSA) is 44.4 Å². The van der Waals surface area contributed by atoms with Crippen molar-refractivity contribution in [2.45, 2.75) is 19.4 Å². The van der Waals surface area contributed by atoms with E-state index in [0.29, 0.717) is 12.3 Å². The lowest BCUT2D eigenvalue weighted by atomic mass is 9.96. The Balaban J connectivity index is 1.84. The Morgan fingerprint density at radius 1 is 1.37 bits per heavy atom. The highest BCUT2D eigenvalue weighted by atomic mass is 16.2. The summed E-state index contributed by atoms with van der Waals surface area (Å²) in [4.78, 5) is 14.1. The van der Waals surface area contributed by atoms with Crippen molar-refractivity contribution in [3.63, 3.8) is 0 Å². The highest BCUT2D eigenvalue weighted by molar-refractivity contribution is 5.96. The van der Waals surface area contributed by atoms with Crippen molar-refractivity contribution in [2.75, 3.05) is 31.6 Å². The van der Waals surface area contributed by atoms with Crippen molar-refractivity contribution in [1.29, 1.82) is 0 Å². The molecule has 19 heavy (non-hydrogen) atoms. The van der Waals surface area contributed by atoms with Crippen LogP contribution in [0, 0.1) is 5.92 Å². The standard InChI is InChI=1S/C15H21N3O/c1-16-7-11-2-4-14-13(6-11)3-5-15(19)18(14)10-12-8-17-9-12/h2,4,6,12,16-17H,3,5,7-10H2,1H3. The quantitative estimate of drug-likeness (QED) is 0.844. The van der Waals surface area contributed by atoms with Crippen molar-refractivity contribution in [3.05, 3.63) is 29.3 Å². The second-order valence-electron chi connectivity index (χ2n) is 5.52. The van der Waals surface area contributed by atoms with E-state index in [-0.39, 0.29) is 5.91 Å². The van der Waals surface area contributed by atoms with E-state index in [4.69, 9.17) is 0 Å². The van der Waals surface area contributed by atoms with E-state index >= 15 is 0 Å². The van der Waals surface area contributed by atoms with Gasteiger partial charge in [0.25, 0.3) is 0 Å². The summed E-state index contributed by atoms with van der Waals surface area (Å²) in [7, 11) is 1.96. The average molecular weight is 259 g/mol. The van der Waals surface area contributed by atoms with Crippen molar-refractivity contribution < 1.29 is 4.79 Å². The summed E-state index contributed by atoms with van der Waals surface area (Å²) in [5.41, 5.74) is 3.74. The van der Waals surface area contributed by atoms with E-state index in [2.05, 4.69) is 28.8 Å². The van der Waals surface area contributed by atoms with Gasteiger partial charge in [0, 0.05) is 44.2 Å². The van der Waals surface area contributed by atoms with E-state index in [9.17, 15) is 4.79 Å². The third-order valence-corrected chi connectivity index (χ3v) is 4.03. The molecule has 0 aromatic heterocycles. The first-order chi connectivity index (χ1) is 9.28. The van der Waals surface area contributed by atoms with Crippen molar-refractivity contribution >= 4 is 11.6 Å². The summed E-state index contributed by atoms with van der Waals surface area (Å²) in [6.07, 6.45) is 1.53. The molecule has 0 aliphatic carbocycles. The highest BCUT2D eigenvalue weighted by Crippen LogP contribution is 2.29. The number of anilines is 1. The number of carbonyl (C=O) groups excluding carboxylic acids is 1. The lowest BCUT2D eigenvalue weighted by Gasteiger charge is -2.36. The van der Waals surface area contributed by atoms with E-state index in [0.717, 1.165) is 38.3 Å². The number of rotatable bonds is 4. The zero-order valence-corrected chi connectivity index (χ0v) is 11.4. The average Bonchev–Trinajstić information content (AvgIpc) is 2.36. The fourth-order valence-corrected chi connectivity index (χ4v) is 2.86. The monoisotopic (exact) mass is 259 g/mol. The smallest absolute Gasteiger partial charge is 0.227 e. The number of hydrogen-bond donors (Lipinski definition) is 2. The number of benzene rings is 1. The molecule has 4 nitrogen and oxygen atoms in total. The molecule has 2 heterocycles. The van der Waals surface area contributed by atoms with Crippen LogP contribution >= 0.6 is 0 Å². The molecule has 0 unspecified atom stereocenters. The molecule has 4 heteroatoms. The van der Waals surface area contributed by atoms with Crippen molar-refractivity contribution in [2.24, 2.45) is 5.92 Å². The minimum absolute atomic E-state index is 0.278. The summed E-state index contributed by atoms with van der Waals surface area (Å²) < 4.78 is 0. The van der Waals surface area contributed by atoms with Gasteiger partial charge in [-0.25, -0.2) is 0 Å². The second-order valence-corrected chi connectivity index (χ2v) is 5.52. The van der Waals surface area contributed by atoms with Gasteiger partial charge in [-0.1, -0.05) is 12.1 Å².